The van der Waals surface area contributed by atoms with Gasteiger partial charge in [0.25, 0.3) is 0 Å². The number of hydrogen-bond donors (Lipinski definition) is 0. The van der Waals surface area contributed by atoms with E-state index in [1.807, 2.05) is 0 Å². The van der Waals surface area contributed by atoms with Crippen LogP contribution < -0.4 is 0 Å². The van der Waals surface area contributed by atoms with Crippen molar-refractivity contribution in [3.63, 3.8) is 0 Å². The molecule has 0 amide bonds. The van der Waals surface area contributed by atoms with Gasteiger partial charge in [-0.05, 0) is 23.6 Å². The molecule has 0 aliphatic carbocycles. The maximum absolute atomic E-state index is 13.7. The molecule has 0 aliphatic heterocycles. The van der Waals surface area contributed by atoms with Gasteiger partial charge >= 0.3 is 9.53 Å². The highest BCUT2D eigenvalue weighted by molar-refractivity contribution is 6.36. The molecule has 0 saturated carbocycles. The quantitative estimate of drug-likeness (QED) is 0.571. The Morgan fingerprint density at radius 3 is 2.09 bits per heavy atom. The highest BCUT2D eigenvalue weighted by Crippen LogP contribution is 2.25. The van der Waals surface area contributed by atoms with Crippen LogP contribution in [0.2, 0.25) is 0 Å². The number of halogens is 3. The SMILES string of the molecule is CO[SiH](OC)OCCc1ccc(-c2cc(F)c(F)cc2F)cc1. The minimum atomic E-state index is -2.04. The molecule has 23 heavy (non-hydrogen) atoms. The highest BCUT2D eigenvalue weighted by Gasteiger charge is 2.12. The summed E-state index contributed by atoms with van der Waals surface area (Å²) in [6.07, 6.45) is 0.636. The molecule has 3 nitrogen and oxygen atoms in total. The number of benzene rings is 2. The van der Waals surface area contributed by atoms with E-state index in [2.05, 4.69) is 0 Å². The Hall–Kier alpha value is -1.67. The zero-order chi connectivity index (χ0) is 16.8. The average molecular weight is 342 g/mol. The van der Waals surface area contributed by atoms with Crippen molar-refractivity contribution in [2.75, 3.05) is 20.8 Å². The molecule has 7 heteroatoms. The average Bonchev–Trinajstić information content (AvgIpc) is 2.56. The number of hydrogen-bond acceptors (Lipinski definition) is 3. The molecule has 2 rings (SSSR count). The third-order valence-corrected chi connectivity index (χ3v) is 4.58. The predicted octanol–water partition coefficient (Wildman–Crippen LogP) is 3.34. The molecule has 2 aromatic carbocycles. The van der Waals surface area contributed by atoms with Crippen LogP contribution in [-0.2, 0) is 19.7 Å². The van der Waals surface area contributed by atoms with E-state index in [-0.39, 0.29) is 5.56 Å². The summed E-state index contributed by atoms with van der Waals surface area (Å²) >= 11 is 0. The lowest BCUT2D eigenvalue weighted by atomic mass is 10.0. The van der Waals surface area contributed by atoms with E-state index in [4.69, 9.17) is 13.3 Å². The summed E-state index contributed by atoms with van der Waals surface area (Å²) in [5, 5.41) is 0. The van der Waals surface area contributed by atoms with Crippen LogP contribution in [-0.4, -0.2) is 30.4 Å². The maximum Gasteiger partial charge on any atom is 0.483 e. The van der Waals surface area contributed by atoms with Gasteiger partial charge in [-0.2, -0.15) is 0 Å². The molecular weight excluding hydrogens is 325 g/mol. The van der Waals surface area contributed by atoms with Crippen LogP contribution in [0.3, 0.4) is 0 Å². The summed E-state index contributed by atoms with van der Waals surface area (Å²) in [5.41, 5.74) is 1.47. The molecule has 0 aliphatic rings. The van der Waals surface area contributed by atoms with Crippen LogP contribution in [0.25, 0.3) is 11.1 Å². The van der Waals surface area contributed by atoms with E-state index in [1.165, 1.54) is 14.2 Å². The number of rotatable bonds is 7. The molecule has 0 saturated heterocycles. The first-order chi connectivity index (χ1) is 11.0. The molecule has 0 atom stereocenters. The second-order valence-corrected chi connectivity index (χ2v) is 6.68. The van der Waals surface area contributed by atoms with Gasteiger partial charge in [-0.1, -0.05) is 24.3 Å². The summed E-state index contributed by atoms with van der Waals surface area (Å²) < 4.78 is 55.5. The summed E-state index contributed by atoms with van der Waals surface area (Å²) in [6, 6.07) is 8.30. The van der Waals surface area contributed by atoms with Gasteiger partial charge in [0.05, 0.1) is 0 Å². The minimum absolute atomic E-state index is 0.0259. The van der Waals surface area contributed by atoms with Gasteiger partial charge in [0.1, 0.15) is 5.82 Å². The van der Waals surface area contributed by atoms with Crippen LogP contribution in [0.15, 0.2) is 36.4 Å². The topological polar surface area (TPSA) is 27.7 Å². The lowest BCUT2D eigenvalue weighted by Gasteiger charge is -2.11. The van der Waals surface area contributed by atoms with Crippen LogP contribution >= 0.6 is 0 Å². The molecule has 0 fully saturated rings. The smallest absolute Gasteiger partial charge is 0.379 e. The third-order valence-electron chi connectivity index (χ3n) is 3.30. The van der Waals surface area contributed by atoms with Gasteiger partial charge in [0.2, 0.25) is 0 Å². The molecule has 0 radical (unpaired) electrons. The van der Waals surface area contributed by atoms with E-state index in [0.29, 0.717) is 24.7 Å². The normalized spacial score (nSPS) is 11.2. The maximum atomic E-state index is 13.7. The molecule has 0 spiro atoms. The van der Waals surface area contributed by atoms with Crippen molar-refractivity contribution < 1.29 is 26.4 Å². The van der Waals surface area contributed by atoms with Gasteiger partial charge in [0, 0.05) is 32.5 Å². The standard InChI is InChI=1S/C16H17F3O3Si/c1-20-23(21-2)22-8-7-11-3-5-12(6-4-11)13-9-15(18)16(19)10-14(13)17/h3-6,9-10,23H,7-8H2,1-2H3. The minimum Gasteiger partial charge on any atom is -0.379 e. The Morgan fingerprint density at radius 1 is 0.870 bits per heavy atom. The molecule has 0 bridgehead atoms. The molecule has 0 heterocycles. The summed E-state index contributed by atoms with van der Waals surface area (Å²) in [7, 11) is 1.03. The Labute approximate surface area is 134 Å². The lowest BCUT2D eigenvalue weighted by Crippen LogP contribution is -2.24. The first kappa shape index (κ1) is 17.7. The van der Waals surface area contributed by atoms with Crippen molar-refractivity contribution in [2.45, 2.75) is 6.42 Å². The predicted molar refractivity (Wildman–Crippen MR) is 82.6 cm³/mol. The first-order valence-corrected chi connectivity index (χ1v) is 8.37. The summed E-state index contributed by atoms with van der Waals surface area (Å²) in [5.74, 6) is -3.07. The van der Waals surface area contributed by atoms with E-state index < -0.39 is 27.0 Å². The van der Waals surface area contributed by atoms with Crippen molar-refractivity contribution >= 4 is 9.53 Å². The molecule has 124 valence electrons. The van der Waals surface area contributed by atoms with Crippen molar-refractivity contribution in [3.05, 3.63) is 59.4 Å². The van der Waals surface area contributed by atoms with Gasteiger partial charge in [0.15, 0.2) is 11.6 Å². The van der Waals surface area contributed by atoms with E-state index in [9.17, 15) is 13.2 Å². The van der Waals surface area contributed by atoms with Gasteiger partial charge in [-0.15, -0.1) is 0 Å². The van der Waals surface area contributed by atoms with Gasteiger partial charge < -0.3 is 13.3 Å². The van der Waals surface area contributed by atoms with Crippen molar-refractivity contribution in [3.8, 4) is 11.1 Å². The fourth-order valence-corrected chi connectivity index (χ4v) is 2.87. The Bertz CT molecular complexity index is 646. The van der Waals surface area contributed by atoms with E-state index in [1.54, 1.807) is 24.3 Å². The molecular formula is C16H17F3O3Si. The van der Waals surface area contributed by atoms with Crippen molar-refractivity contribution in [2.24, 2.45) is 0 Å². The van der Waals surface area contributed by atoms with Crippen LogP contribution in [0.1, 0.15) is 5.56 Å². The molecule has 0 N–H and O–H groups in total. The van der Waals surface area contributed by atoms with E-state index in [0.717, 1.165) is 11.6 Å². The molecule has 0 aromatic heterocycles. The van der Waals surface area contributed by atoms with Gasteiger partial charge in [-0.3, -0.25) is 0 Å². The molecule has 0 unspecified atom stereocenters. The van der Waals surface area contributed by atoms with Gasteiger partial charge in [-0.25, -0.2) is 13.2 Å². The summed E-state index contributed by atoms with van der Waals surface area (Å²) in [4.78, 5) is 0. The highest BCUT2D eigenvalue weighted by atomic mass is 28.3. The Kier molecular flexibility index (Phi) is 6.34. The third kappa shape index (κ3) is 4.65. The second kappa shape index (κ2) is 8.26. The van der Waals surface area contributed by atoms with Crippen molar-refractivity contribution in [1.82, 2.24) is 0 Å². The zero-order valence-corrected chi connectivity index (χ0v) is 14.0. The Morgan fingerprint density at radius 2 is 1.48 bits per heavy atom. The molecule has 2 aromatic rings. The van der Waals surface area contributed by atoms with Crippen LogP contribution in [0.4, 0.5) is 13.2 Å². The van der Waals surface area contributed by atoms with E-state index >= 15 is 0 Å². The second-order valence-electron chi connectivity index (χ2n) is 4.82. The fourth-order valence-electron chi connectivity index (χ4n) is 2.10. The largest absolute Gasteiger partial charge is 0.483 e. The van der Waals surface area contributed by atoms with Crippen molar-refractivity contribution in [1.29, 1.82) is 0 Å². The lowest BCUT2D eigenvalue weighted by molar-refractivity contribution is 0.137. The fraction of sp³-hybridized carbons (Fsp3) is 0.250. The monoisotopic (exact) mass is 342 g/mol. The zero-order valence-electron chi connectivity index (χ0n) is 12.8. The Balaban J connectivity index is 2.04. The van der Waals surface area contributed by atoms with Crippen LogP contribution in [0, 0.1) is 17.5 Å². The summed E-state index contributed by atoms with van der Waals surface area (Å²) in [6.45, 7) is 0.442. The first-order valence-electron chi connectivity index (χ1n) is 6.96. The van der Waals surface area contributed by atoms with Crippen LogP contribution in [0.5, 0.6) is 0 Å².